The minimum Gasteiger partial charge on any atom is -0.494 e. The minimum absolute atomic E-state index is 0.180. The van der Waals surface area contributed by atoms with E-state index in [4.69, 9.17) is 9.47 Å². The van der Waals surface area contributed by atoms with Crippen LogP contribution in [0.25, 0.3) is 0 Å². The molecule has 0 heterocycles. The predicted octanol–water partition coefficient (Wildman–Crippen LogP) is 2.91. The van der Waals surface area contributed by atoms with E-state index in [9.17, 15) is 5.11 Å². The van der Waals surface area contributed by atoms with Crippen molar-refractivity contribution in [2.24, 2.45) is 0 Å². The number of rotatable bonds is 10. The highest BCUT2D eigenvalue weighted by Crippen LogP contribution is 2.19. The molecular formula is C17H29NO3. The zero-order valence-corrected chi connectivity index (χ0v) is 13.7. The van der Waals surface area contributed by atoms with E-state index in [2.05, 4.69) is 31.3 Å². The number of hydrogen-bond acceptors (Lipinski definition) is 4. The van der Waals surface area contributed by atoms with Gasteiger partial charge in [-0.25, -0.2) is 0 Å². The molecule has 0 aliphatic rings. The predicted molar refractivity (Wildman–Crippen MR) is 85.8 cm³/mol. The van der Waals surface area contributed by atoms with Gasteiger partial charge in [-0.05, 0) is 38.0 Å². The molecule has 2 atom stereocenters. The van der Waals surface area contributed by atoms with Crippen molar-refractivity contribution >= 4 is 0 Å². The van der Waals surface area contributed by atoms with Gasteiger partial charge in [-0.15, -0.1) is 0 Å². The fraction of sp³-hybridized carbons (Fsp3) is 0.647. The molecule has 1 aromatic rings. The first-order valence-electron chi connectivity index (χ1n) is 7.66. The fourth-order valence-electron chi connectivity index (χ4n) is 1.97. The molecule has 1 rings (SSSR count). The van der Waals surface area contributed by atoms with Crippen LogP contribution < -0.4 is 10.1 Å². The summed E-state index contributed by atoms with van der Waals surface area (Å²) in [5.41, 5.74) is 0.426. The lowest BCUT2D eigenvalue weighted by Crippen LogP contribution is -2.39. The molecular weight excluding hydrogens is 266 g/mol. The number of hydrogen-bond donors (Lipinski definition) is 2. The third kappa shape index (κ3) is 6.93. The number of aliphatic hydroxyl groups is 1. The summed E-state index contributed by atoms with van der Waals surface area (Å²) < 4.78 is 10.6. The highest BCUT2D eigenvalue weighted by molar-refractivity contribution is 5.28. The van der Waals surface area contributed by atoms with Crippen LogP contribution in [-0.4, -0.2) is 37.6 Å². The zero-order chi connectivity index (χ0) is 15.7. The van der Waals surface area contributed by atoms with Crippen molar-refractivity contribution in [3.63, 3.8) is 0 Å². The summed E-state index contributed by atoms with van der Waals surface area (Å²) in [6.07, 6.45) is 1.63. The molecule has 0 aliphatic carbocycles. The summed E-state index contributed by atoms with van der Waals surface area (Å²) in [5, 5.41) is 13.6. The lowest BCUT2D eigenvalue weighted by molar-refractivity contribution is 0.0231. The van der Waals surface area contributed by atoms with Gasteiger partial charge in [-0.3, -0.25) is 0 Å². The van der Waals surface area contributed by atoms with Crippen molar-refractivity contribution in [3.8, 4) is 5.75 Å². The molecule has 21 heavy (non-hydrogen) atoms. The smallest absolute Gasteiger partial charge is 0.119 e. The number of ether oxygens (including phenoxy) is 2. The maximum atomic E-state index is 10.2. The van der Waals surface area contributed by atoms with Crippen LogP contribution in [0.4, 0.5) is 0 Å². The van der Waals surface area contributed by atoms with Crippen LogP contribution in [-0.2, 0) is 4.74 Å². The topological polar surface area (TPSA) is 50.7 Å². The molecule has 2 unspecified atom stereocenters. The lowest BCUT2D eigenvalue weighted by atomic mass is 10.0. The van der Waals surface area contributed by atoms with Crippen LogP contribution in [0, 0.1) is 0 Å². The van der Waals surface area contributed by atoms with E-state index in [1.165, 1.54) is 5.56 Å². The molecule has 0 bridgehead atoms. The Morgan fingerprint density at radius 3 is 2.48 bits per heavy atom. The molecule has 0 spiro atoms. The van der Waals surface area contributed by atoms with Gasteiger partial charge in [0.05, 0.1) is 12.2 Å². The number of nitrogens with one attached hydrogen (secondary N) is 1. The second-order valence-electron chi connectivity index (χ2n) is 5.76. The van der Waals surface area contributed by atoms with E-state index in [0.717, 1.165) is 18.8 Å². The first-order chi connectivity index (χ1) is 9.98. The Hall–Kier alpha value is -1.10. The monoisotopic (exact) mass is 295 g/mol. The van der Waals surface area contributed by atoms with Crippen LogP contribution >= 0.6 is 0 Å². The zero-order valence-electron chi connectivity index (χ0n) is 13.7. The van der Waals surface area contributed by atoms with Gasteiger partial charge >= 0.3 is 0 Å². The Kier molecular flexibility index (Phi) is 7.72. The summed E-state index contributed by atoms with van der Waals surface area (Å²) in [5.74, 6) is 0.903. The highest BCUT2D eigenvalue weighted by Gasteiger charge is 2.20. The Balaban J connectivity index is 2.46. The molecule has 0 aromatic heterocycles. The highest BCUT2D eigenvalue weighted by atomic mass is 16.5. The van der Waals surface area contributed by atoms with Crippen LogP contribution in [0.3, 0.4) is 0 Å². The van der Waals surface area contributed by atoms with Crippen LogP contribution in [0.1, 0.15) is 45.2 Å². The second kappa shape index (κ2) is 9.03. The van der Waals surface area contributed by atoms with Crippen molar-refractivity contribution < 1.29 is 14.6 Å². The molecule has 1 aromatic carbocycles. The first kappa shape index (κ1) is 18.0. The van der Waals surface area contributed by atoms with E-state index in [-0.39, 0.29) is 6.04 Å². The first-order valence-corrected chi connectivity index (χ1v) is 7.66. The second-order valence-corrected chi connectivity index (χ2v) is 5.76. The Bertz CT molecular complexity index is 390. The van der Waals surface area contributed by atoms with E-state index < -0.39 is 5.60 Å². The van der Waals surface area contributed by atoms with Crippen LogP contribution in [0.5, 0.6) is 5.75 Å². The van der Waals surface area contributed by atoms with E-state index in [0.29, 0.717) is 19.6 Å². The number of methoxy groups -OCH3 is 1. The molecule has 0 fully saturated rings. The van der Waals surface area contributed by atoms with E-state index in [1.54, 1.807) is 7.11 Å². The van der Waals surface area contributed by atoms with E-state index in [1.807, 2.05) is 19.1 Å². The summed E-state index contributed by atoms with van der Waals surface area (Å²) in [4.78, 5) is 0. The standard InChI is InChI=1S/C17H29NO3/c1-5-11-21-16-8-6-15(7-9-16)14(2)18-13-17(3,19)10-12-20-4/h6-9,14,18-19H,5,10-13H2,1-4H3. The van der Waals surface area contributed by atoms with Gasteiger partial charge in [0.25, 0.3) is 0 Å². The Morgan fingerprint density at radius 1 is 1.24 bits per heavy atom. The molecule has 120 valence electrons. The summed E-state index contributed by atoms with van der Waals surface area (Å²) in [7, 11) is 1.65. The molecule has 0 saturated carbocycles. The largest absolute Gasteiger partial charge is 0.494 e. The van der Waals surface area contributed by atoms with Crippen molar-refractivity contribution in [2.75, 3.05) is 26.9 Å². The van der Waals surface area contributed by atoms with Crippen LogP contribution in [0.15, 0.2) is 24.3 Å². The fourth-order valence-corrected chi connectivity index (χ4v) is 1.97. The average molecular weight is 295 g/mol. The number of benzene rings is 1. The summed E-state index contributed by atoms with van der Waals surface area (Å²) >= 11 is 0. The van der Waals surface area contributed by atoms with Crippen molar-refractivity contribution in [3.05, 3.63) is 29.8 Å². The van der Waals surface area contributed by atoms with Gasteiger partial charge in [-0.2, -0.15) is 0 Å². The van der Waals surface area contributed by atoms with Gasteiger partial charge in [-0.1, -0.05) is 19.1 Å². The molecule has 2 N–H and O–H groups in total. The third-order valence-electron chi connectivity index (χ3n) is 3.49. The van der Waals surface area contributed by atoms with Crippen LogP contribution in [0.2, 0.25) is 0 Å². The molecule has 4 heteroatoms. The lowest BCUT2D eigenvalue weighted by Gasteiger charge is -2.26. The minimum atomic E-state index is -0.756. The molecule has 4 nitrogen and oxygen atoms in total. The van der Waals surface area contributed by atoms with Gasteiger partial charge in [0.15, 0.2) is 0 Å². The summed E-state index contributed by atoms with van der Waals surface area (Å²) in [6, 6.07) is 8.29. The SMILES string of the molecule is CCCOc1ccc(C(C)NCC(C)(O)CCOC)cc1. The normalized spacial score (nSPS) is 15.5. The summed E-state index contributed by atoms with van der Waals surface area (Å²) in [6.45, 7) is 7.85. The molecule has 0 amide bonds. The Morgan fingerprint density at radius 2 is 1.90 bits per heavy atom. The molecule has 0 radical (unpaired) electrons. The van der Waals surface area contributed by atoms with Crippen molar-refractivity contribution in [1.82, 2.24) is 5.32 Å². The van der Waals surface area contributed by atoms with Crippen molar-refractivity contribution in [1.29, 1.82) is 0 Å². The van der Waals surface area contributed by atoms with Gasteiger partial charge in [0.2, 0.25) is 0 Å². The average Bonchev–Trinajstić information content (AvgIpc) is 2.49. The van der Waals surface area contributed by atoms with Gasteiger partial charge in [0, 0.05) is 32.7 Å². The third-order valence-corrected chi connectivity index (χ3v) is 3.49. The molecule has 0 aliphatic heterocycles. The maximum Gasteiger partial charge on any atom is 0.119 e. The molecule has 0 saturated heterocycles. The Labute approximate surface area is 128 Å². The maximum absolute atomic E-state index is 10.2. The van der Waals surface area contributed by atoms with Crippen molar-refractivity contribution in [2.45, 2.75) is 45.3 Å². The van der Waals surface area contributed by atoms with Gasteiger partial charge < -0.3 is 19.9 Å². The van der Waals surface area contributed by atoms with Gasteiger partial charge in [0.1, 0.15) is 5.75 Å². The van der Waals surface area contributed by atoms with E-state index >= 15 is 0 Å². The quantitative estimate of drug-likeness (QED) is 0.697.